The summed E-state index contributed by atoms with van der Waals surface area (Å²) in [6, 6.07) is 8.86. The van der Waals surface area contributed by atoms with Crippen LogP contribution in [0.2, 0.25) is 0 Å². The zero-order valence-corrected chi connectivity index (χ0v) is 14.9. The average Bonchev–Trinajstić information content (AvgIpc) is 2.48. The Bertz CT molecular complexity index is 411. The van der Waals surface area contributed by atoms with Crippen LogP contribution in [0.3, 0.4) is 0 Å². The van der Waals surface area contributed by atoms with Gasteiger partial charge in [-0.25, -0.2) is 4.31 Å². The van der Waals surface area contributed by atoms with Crippen LogP contribution < -0.4 is 11.1 Å². The Kier molecular flexibility index (Phi) is 7.56. The zero-order valence-electron chi connectivity index (χ0n) is 14.1. The number of unbranched alkanes of at least 4 members (excludes halogenated alkanes) is 2. The molecule has 1 saturated heterocycles. The first-order valence-corrected chi connectivity index (χ1v) is 9.41. The van der Waals surface area contributed by atoms with Crippen molar-refractivity contribution in [3.63, 3.8) is 0 Å². The summed E-state index contributed by atoms with van der Waals surface area (Å²) in [6.07, 6.45) is 4.90. The van der Waals surface area contributed by atoms with Crippen molar-refractivity contribution in [1.82, 2.24) is 4.31 Å². The Hall–Kier alpha value is -0.710. The Labute approximate surface area is 140 Å². The minimum atomic E-state index is 0.805. The van der Waals surface area contributed by atoms with Gasteiger partial charge in [0.25, 0.3) is 0 Å². The summed E-state index contributed by atoms with van der Waals surface area (Å²) in [5.74, 6) is 1.62. The molecule has 3 nitrogen and oxygen atoms in total. The van der Waals surface area contributed by atoms with Gasteiger partial charge < -0.3 is 11.1 Å². The number of piperidine rings is 1. The topological polar surface area (TPSA) is 41.3 Å². The van der Waals surface area contributed by atoms with Crippen LogP contribution in [0.1, 0.15) is 39.5 Å². The van der Waals surface area contributed by atoms with E-state index in [1.54, 1.807) is 0 Å². The number of nitrogens with two attached hydrogens (primary N) is 1. The van der Waals surface area contributed by atoms with Crippen molar-refractivity contribution >= 4 is 17.6 Å². The molecule has 4 heteroatoms. The summed E-state index contributed by atoms with van der Waals surface area (Å²) in [5, 5.41) is 3.48. The second-order valence-corrected chi connectivity index (χ2v) is 7.86. The largest absolute Gasteiger partial charge is 0.385 e. The monoisotopic (exact) mass is 321 g/mol. The lowest BCUT2D eigenvalue weighted by atomic mass is 9.94. The van der Waals surface area contributed by atoms with E-state index in [1.165, 1.54) is 42.9 Å². The van der Waals surface area contributed by atoms with Gasteiger partial charge in [0, 0.05) is 30.2 Å². The molecule has 1 aromatic rings. The average molecular weight is 322 g/mol. The predicted octanol–water partition coefficient (Wildman–Crippen LogP) is 4.21. The Morgan fingerprint density at radius 3 is 2.41 bits per heavy atom. The second kappa shape index (κ2) is 9.43. The van der Waals surface area contributed by atoms with Gasteiger partial charge in [-0.05, 0) is 73.9 Å². The first kappa shape index (κ1) is 17.6. The molecule has 0 aliphatic carbocycles. The highest BCUT2D eigenvalue weighted by Gasteiger charge is 2.22. The highest BCUT2D eigenvalue weighted by Crippen LogP contribution is 2.31. The van der Waals surface area contributed by atoms with Crippen LogP contribution in [0, 0.1) is 11.8 Å². The number of hydrogen-bond acceptors (Lipinski definition) is 4. The molecule has 2 atom stereocenters. The van der Waals surface area contributed by atoms with Crippen molar-refractivity contribution < 1.29 is 0 Å². The first-order chi connectivity index (χ1) is 10.7. The van der Waals surface area contributed by atoms with Crippen LogP contribution in [0.25, 0.3) is 0 Å². The van der Waals surface area contributed by atoms with Crippen LogP contribution in [0.5, 0.6) is 0 Å². The van der Waals surface area contributed by atoms with E-state index in [0.29, 0.717) is 0 Å². The number of nitrogens with zero attached hydrogens (tertiary/aromatic N) is 1. The fourth-order valence-electron chi connectivity index (χ4n) is 3.14. The van der Waals surface area contributed by atoms with Gasteiger partial charge in [0.1, 0.15) is 0 Å². The van der Waals surface area contributed by atoms with E-state index in [0.717, 1.165) is 31.3 Å². The Morgan fingerprint density at radius 2 is 1.77 bits per heavy atom. The van der Waals surface area contributed by atoms with Crippen molar-refractivity contribution in [3.05, 3.63) is 24.3 Å². The van der Waals surface area contributed by atoms with E-state index in [4.69, 9.17) is 5.73 Å². The third kappa shape index (κ3) is 6.19. The van der Waals surface area contributed by atoms with E-state index >= 15 is 0 Å². The fraction of sp³-hybridized carbons (Fsp3) is 0.667. The standard InChI is InChI=1S/C18H31N3S/c1-15-12-16(2)14-21(13-15)22-18-8-6-17(7-9-18)20-11-5-3-4-10-19/h6-9,15-16,20H,3-5,10-14,19H2,1-2H3. The molecular formula is C18H31N3S. The molecule has 2 rings (SSSR count). The lowest BCUT2D eigenvalue weighted by Gasteiger charge is -2.33. The maximum atomic E-state index is 5.51. The minimum absolute atomic E-state index is 0.805. The molecule has 1 aliphatic rings. The number of benzene rings is 1. The van der Waals surface area contributed by atoms with E-state index in [2.05, 4.69) is 47.7 Å². The zero-order chi connectivity index (χ0) is 15.8. The van der Waals surface area contributed by atoms with Gasteiger partial charge in [0.2, 0.25) is 0 Å². The van der Waals surface area contributed by atoms with Gasteiger partial charge in [-0.2, -0.15) is 0 Å². The van der Waals surface area contributed by atoms with E-state index in [-0.39, 0.29) is 0 Å². The van der Waals surface area contributed by atoms with Crippen LogP contribution in [0.15, 0.2) is 29.2 Å². The molecule has 1 heterocycles. The van der Waals surface area contributed by atoms with Crippen molar-refractivity contribution in [2.24, 2.45) is 17.6 Å². The van der Waals surface area contributed by atoms with Crippen LogP contribution in [0.4, 0.5) is 5.69 Å². The highest BCUT2D eigenvalue weighted by atomic mass is 32.2. The Morgan fingerprint density at radius 1 is 1.09 bits per heavy atom. The molecule has 2 unspecified atom stereocenters. The fourth-order valence-corrected chi connectivity index (χ4v) is 4.36. The van der Waals surface area contributed by atoms with Crippen molar-refractivity contribution in [1.29, 1.82) is 0 Å². The Balaban J connectivity index is 1.74. The minimum Gasteiger partial charge on any atom is -0.385 e. The highest BCUT2D eigenvalue weighted by molar-refractivity contribution is 7.97. The molecule has 0 aromatic heterocycles. The van der Waals surface area contributed by atoms with Gasteiger partial charge in [0.15, 0.2) is 0 Å². The van der Waals surface area contributed by atoms with Crippen molar-refractivity contribution in [2.75, 3.05) is 31.5 Å². The molecule has 124 valence electrons. The summed E-state index contributed by atoms with van der Waals surface area (Å²) in [4.78, 5) is 1.34. The van der Waals surface area contributed by atoms with Crippen LogP contribution >= 0.6 is 11.9 Å². The molecule has 0 spiro atoms. The maximum absolute atomic E-state index is 5.51. The lowest BCUT2D eigenvalue weighted by Crippen LogP contribution is -2.33. The van der Waals surface area contributed by atoms with Gasteiger partial charge >= 0.3 is 0 Å². The molecule has 0 bridgehead atoms. The molecule has 0 amide bonds. The smallest absolute Gasteiger partial charge is 0.0340 e. The van der Waals surface area contributed by atoms with Gasteiger partial charge in [-0.3, -0.25) is 0 Å². The molecule has 3 N–H and O–H groups in total. The summed E-state index contributed by atoms with van der Waals surface area (Å²) in [7, 11) is 0. The normalized spacial score (nSPS) is 22.7. The van der Waals surface area contributed by atoms with Crippen molar-refractivity contribution in [3.8, 4) is 0 Å². The number of nitrogens with one attached hydrogen (secondary N) is 1. The van der Waals surface area contributed by atoms with E-state index in [9.17, 15) is 0 Å². The summed E-state index contributed by atoms with van der Waals surface area (Å²) >= 11 is 1.91. The molecule has 1 fully saturated rings. The maximum Gasteiger partial charge on any atom is 0.0340 e. The van der Waals surface area contributed by atoms with Gasteiger partial charge in [0.05, 0.1) is 0 Å². The van der Waals surface area contributed by atoms with E-state index in [1.807, 2.05) is 11.9 Å². The summed E-state index contributed by atoms with van der Waals surface area (Å²) < 4.78 is 2.52. The molecule has 22 heavy (non-hydrogen) atoms. The SMILES string of the molecule is CC1CC(C)CN(Sc2ccc(NCCCCCN)cc2)C1. The molecule has 1 aromatic carbocycles. The van der Waals surface area contributed by atoms with Gasteiger partial charge in [-0.15, -0.1) is 0 Å². The van der Waals surface area contributed by atoms with Crippen LogP contribution in [-0.2, 0) is 0 Å². The number of anilines is 1. The first-order valence-electron chi connectivity index (χ1n) is 8.64. The van der Waals surface area contributed by atoms with Gasteiger partial charge in [-0.1, -0.05) is 20.3 Å². The quantitative estimate of drug-likeness (QED) is 0.556. The van der Waals surface area contributed by atoms with E-state index < -0.39 is 0 Å². The third-order valence-electron chi connectivity index (χ3n) is 4.13. The number of rotatable bonds is 8. The second-order valence-electron chi connectivity index (χ2n) is 6.68. The number of hydrogen-bond donors (Lipinski definition) is 2. The molecule has 1 aliphatic heterocycles. The summed E-state index contributed by atoms with van der Waals surface area (Å²) in [5.41, 5.74) is 6.73. The van der Waals surface area contributed by atoms with Crippen LogP contribution in [-0.4, -0.2) is 30.5 Å². The third-order valence-corrected chi connectivity index (χ3v) is 5.17. The summed E-state index contributed by atoms with van der Waals surface area (Å²) in [6.45, 7) is 8.97. The lowest BCUT2D eigenvalue weighted by molar-refractivity contribution is 0.237. The predicted molar refractivity (Wildman–Crippen MR) is 98.2 cm³/mol. The van der Waals surface area contributed by atoms with Crippen molar-refractivity contribution in [2.45, 2.75) is 44.4 Å². The molecule has 0 saturated carbocycles. The molecule has 0 radical (unpaired) electrons. The molecular weight excluding hydrogens is 290 g/mol.